The summed E-state index contributed by atoms with van der Waals surface area (Å²) in [7, 11) is 0. The molecule has 0 aromatic heterocycles. The van der Waals surface area contributed by atoms with Gasteiger partial charge in [0.1, 0.15) is 0 Å². The van der Waals surface area contributed by atoms with E-state index in [9.17, 15) is 19.2 Å². The largest absolute Gasteiger partial charge is 0.454 e. The van der Waals surface area contributed by atoms with E-state index < -0.39 is 18.0 Å². The highest BCUT2D eigenvalue weighted by Crippen LogP contribution is 2.38. The number of nitrogens with one attached hydrogen (secondary N) is 1. The van der Waals surface area contributed by atoms with Gasteiger partial charge in [-0.05, 0) is 37.5 Å². The molecule has 1 aromatic rings. The molecule has 1 aromatic carbocycles. The Kier molecular flexibility index (Phi) is 6.11. The first-order valence-electron chi connectivity index (χ1n) is 10.6. The Balaban J connectivity index is 1.21. The molecule has 1 aliphatic carbocycles. The molecule has 1 saturated carbocycles. The number of carbonyl (C=O) groups excluding carboxylic acids is 4. The maximum atomic E-state index is 12.5. The van der Waals surface area contributed by atoms with E-state index in [4.69, 9.17) is 14.2 Å². The van der Waals surface area contributed by atoms with Gasteiger partial charge in [-0.2, -0.15) is 0 Å². The first kappa shape index (κ1) is 21.1. The maximum Gasteiger partial charge on any atom is 0.308 e. The van der Waals surface area contributed by atoms with Gasteiger partial charge in [-0.1, -0.05) is 18.9 Å². The minimum Gasteiger partial charge on any atom is -0.454 e. The van der Waals surface area contributed by atoms with Crippen LogP contribution >= 0.6 is 0 Å². The summed E-state index contributed by atoms with van der Waals surface area (Å²) >= 11 is 0. The highest BCUT2D eigenvalue weighted by atomic mass is 16.7. The highest BCUT2D eigenvalue weighted by Gasteiger charge is 2.47. The van der Waals surface area contributed by atoms with Crippen molar-refractivity contribution >= 4 is 23.7 Å². The molecule has 0 bridgehead atoms. The van der Waals surface area contributed by atoms with Crippen molar-refractivity contribution in [3.05, 3.63) is 23.8 Å². The van der Waals surface area contributed by atoms with E-state index in [0.29, 0.717) is 11.5 Å². The summed E-state index contributed by atoms with van der Waals surface area (Å²) in [6, 6.07) is 5.36. The first-order valence-corrected chi connectivity index (χ1v) is 10.6. The number of hydrogen-bond donors (Lipinski definition) is 1. The second kappa shape index (κ2) is 8.95. The fourth-order valence-electron chi connectivity index (χ4n) is 4.35. The summed E-state index contributed by atoms with van der Waals surface area (Å²) in [5.41, 5.74) is 0.823. The lowest BCUT2D eigenvalue weighted by atomic mass is 9.81. The molecule has 4 rings (SSSR count). The second-order valence-corrected chi connectivity index (χ2v) is 8.11. The number of fused-ring (bicyclic) bond motifs is 2. The van der Waals surface area contributed by atoms with E-state index in [0.717, 1.165) is 31.2 Å². The van der Waals surface area contributed by atoms with Gasteiger partial charge in [-0.25, -0.2) is 0 Å². The van der Waals surface area contributed by atoms with Crippen molar-refractivity contribution in [2.24, 2.45) is 11.8 Å². The molecular formula is C22H26N2O7. The number of benzene rings is 1. The van der Waals surface area contributed by atoms with E-state index in [1.165, 1.54) is 11.8 Å². The van der Waals surface area contributed by atoms with Crippen LogP contribution in [0.15, 0.2) is 18.2 Å². The Hall–Kier alpha value is -3.10. The van der Waals surface area contributed by atoms with Crippen LogP contribution in [0, 0.1) is 11.8 Å². The average Bonchev–Trinajstić information content (AvgIpc) is 3.33. The maximum absolute atomic E-state index is 12.5. The summed E-state index contributed by atoms with van der Waals surface area (Å²) in [6.45, 7) is 1.90. The lowest BCUT2D eigenvalue weighted by molar-refractivity contribution is -0.155. The fraction of sp³-hybridized carbons (Fsp3) is 0.545. The Labute approximate surface area is 180 Å². The minimum atomic E-state index is -0.992. The van der Waals surface area contributed by atoms with Crippen LogP contribution in [0.3, 0.4) is 0 Å². The standard InChI is InChI=1S/C22H26N2O7/c1-13(20(26)23-11-14-6-7-17-18(10-14)30-12-29-17)31-19(25)8-9-24-21(27)15-4-2-3-5-16(15)22(24)28/h6-7,10,13,15-16H,2-5,8-9,11-12H2,1H3,(H,23,26)/t13-,15+,16+/m0/s1. The predicted molar refractivity (Wildman–Crippen MR) is 107 cm³/mol. The number of hydrogen-bond acceptors (Lipinski definition) is 7. The number of likely N-dealkylation sites (tertiary alicyclic amines) is 1. The zero-order chi connectivity index (χ0) is 22.0. The minimum absolute atomic E-state index is 0.00493. The molecule has 1 saturated heterocycles. The molecule has 3 amide bonds. The topological polar surface area (TPSA) is 111 Å². The smallest absolute Gasteiger partial charge is 0.308 e. The predicted octanol–water partition coefficient (Wildman–Crippen LogP) is 1.53. The van der Waals surface area contributed by atoms with Crippen molar-refractivity contribution in [3.63, 3.8) is 0 Å². The molecule has 1 N–H and O–H groups in total. The zero-order valence-electron chi connectivity index (χ0n) is 17.4. The summed E-state index contributed by atoms with van der Waals surface area (Å²) in [5, 5.41) is 2.71. The molecule has 166 valence electrons. The normalized spacial score (nSPS) is 22.8. The number of amides is 3. The number of ether oxygens (including phenoxy) is 3. The number of nitrogens with zero attached hydrogens (tertiary/aromatic N) is 1. The van der Waals surface area contributed by atoms with Crippen LogP contribution < -0.4 is 14.8 Å². The number of rotatable bonds is 7. The van der Waals surface area contributed by atoms with Crippen molar-refractivity contribution in [1.82, 2.24) is 10.2 Å². The molecule has 31 heavy (non-hydrogen) atoms. The Morgan fingerprint density at radius 3 is 2.52 bits per heavy atom. The van der Waals surface area contributed by atoms with Gasteiger partial charge in [-0.15, -0.1) is 0 Å². The number of imide groups is 1. The third-order valence-electron chi connectivity index (χ3n) is 6.05. The van der Waals surface area contributed by atoms with Gasteiger partial charge >= 0.3 is 5.97 Å². The van der Waals surface area contributed by atoms with Gasteiger partial charge < -0.3 is 19.5 Å². The van der Waals surface area contributed by atoms with Crippen LogP contribution in [-0.4, -0.2) is 48.0 Å². The first-order chi connectivity index (χ1) is 14.9. The van der Waals surface area contributed by atoms with Crippen LogP contribution in [0.4, 0.5) is 0 Å². The Bertz CT molecular complexity index is 876. The Morgan fingerprint density at radius 1 is 1.13 bits per heavy atom. The quantitative estimate of drug-likeness (QED) is 0.516. The summed E-state index contributed by atoms with van der Waals surface area (Å²) < 4.78 is 15.7. The van der Waals surface area contributed by atoms with E-state index in [-0.39, 0.29) is 50.0 Å². The van der Waals surface area contributed by atoms with Crippen LogP contribution in [0.1, 0.15) is 44.6 Å². The van der Waals surface area contributed by atoms with Gasteiger partial charge in [0, 0.05) is 13.1 Å². The van der Waals surface area contributed by atoms with Crippen LogP contribution in [0.2, 0.25) is 0 Å². The molecule has 2 fully saturated rings. The average molecular weight is 430 g/mol. The van der Waals surface area contributed by atoms with E-state index in [1.54, 1.807) is 12.1 Å². The van der Waals surface area contributed by atoms with Gasteiger partial charge in [0.05, 0.1) is 18.3 Å². The van der Waals surface area contributed by atoms with Crippen molar-refractivity contribution in [2.45, 2.75) is 51.7 Å². The number of carbonyl (C=O) groups is 4. The zero-order valence-corrected chi connectivity index (χ0v) is 17.4. The fourth-order valence-corrected chi connectivity index (χ4v) is 4.35. The summed E-state index contributed by atoms with van der Waals surface area (Å²) in [5.74, 6) is -0.624. The van der Waals surface area contributed by atoms with Crippen molar-refractivity contribution < 1.29 is 33.4 Å². The van der Waals surface area contributed by atoms with Gasteiger partial charge in [-0.3, -0.25) is 24.1 Å². The third-order valence-corrected chi connectivity index (χ3v) is 6.05. The van der Waals surface area contributed by atoms with E-state index >= 15 is 0 Å². The van der Waals surface area contributed by atoms with Crippen LogP contribution in [-0.2, 0) is 30.5 Å². The van der Waals surface area contributed by atoms with Crippen molar-refractivity contribution in [2.75, 3.05) is 13.3 Å². The molecule has 0 spiro atoms. The lowest BCUT2D eigenvalue weighted by Crippen LogP contribution is -2.37. The molecule has 3 aliphatic rings. The molecule has 0 radical (unpaired) electrons. The van der Waals surface area contributed by atoms with Crippen molar-refractivity contribution in [1.29, 1.82) is 0 Å². The van der Waals surface area contributed by atoms with E-state index in [2.05, 4.69) is 5.32 Å². The highest BCUT2D eigenvalue weighted by molar-refractivity contribution is 6.05. The third kappa shape index (κ3) is 4.50. The van der Waals surface area contributed by atoms with Crippen LogP contribution in [0.5, 0.6) is 11.5 Å². The molecule has 2 aliphatic heterocycles. The Morgan fingerprint density at radius 2 is 1.81 bits per heavy atom. The molecule has 9 nitrogen and oxygen atoms in total. The second-order valence-electron chi connectivity index (χ2n) is 8.11. The molecule has 2 heterocycles. The molecular weight excluding hydrogens is 404 g/mol. The van der Waals surface area contributed by atoms with Crippen LogP contribution in [0.25, 0.3) is 0 Å². The number of esters is 1. The SMILES string of the molecule is C[C@H](OC(=O)CCN1C(=O)[C@@H]2CCCC[C@H]2C1=O)C(=O)NCc1ccc2c(c1)OCO2. The van der Waals surface area contributed by atoms with E-state index in [1.807, 2.05) is 6.07 Å². The molecule has 0 unspecified atom stereocenters. The summed E-state index contributed by atoms with van der Waals surface area (Å²) in [4.78, 5) is 50.5. The van der Waals surface area contributed by atoms with Gasteiger partial charge in [0.25, 0.3) is 5.91 Å². The molecule has 3 atom stereocenters. The van der Waals surface area contributed by atoms with Crippen molar-refractivity contribution in [3.8, 4) is 11.5 Å². The van der Waals surface area contributed by atoms with Gasteiger partial charge in [0.15, 0.2) is 17.6 Å². The lowest BCUT2D eigenvalue weighted by Gasteiger charge is -2.19. The summed E-state index contributed by atoms with van der Waals surface area (Å²) in [6.07, 6.45) is 2.25. The molecule has 9 heteroatoms. The monoisotopic (exact) mass is 430 g/mol. The van der Waals surface area contributed by atoms with Gasteiger partial charge in [0.2, 0.25) is 18.6 Å².